The molecular weight excluding hydrogens is 190 g/mol. The number of fused-ring (bicyclic) bond motifs is 3. The zero-order valence-corrected chi connectivity index (χ0v) is 8.10. The van der Waals surface area contributed by atoms with Gasteiger partial charge in [-0.15, -0.1) is 0 Å². The van der Waals surface area contributed by atoms with Gasteiger partial charge in [0.05, 0.1) is 6.04 Å². The lowest BCUT2D eigenvalue weighted by atomic mass is 10.0. The highest BCUT2D eigenvalue weighted by atomic mass is 16.5. The Kier molecular flexibility index (Phi) is 1.87. The van der Waals surface area contributed by atoms with Crippen molar-refractivity contribution in [3.63, 3.8) is 0 Å². The van der Waals surface area contributed by atoms with E-state index in [4.69, 9.17) is 9.94 Å². The van der Waals surface area contributed by atoms with Crippen LogP contribution in [0.15, 0.2) is 36.4 Å². The molecule has 1 unspecified atom stereocenters. The van der Waals surface area contributed by atoms with E-state index in [0.717, 1.165) is 16.7 Å². The second kappa shape index (κ2) is 3.22. The SMILES string of the molecule is ONC1COc2ccc3ccccc3c21. The average Bonchev–Trinajstić information content (AvgIpc) is 2.72. The van der Waals surface area contributed by atoms with Crippen LogP contribution in [-0.2, 0) is 0 Å². The van der Waals surface area contributed by atoms with Crippen molar-refractivity contribution >= 4 is 10.8 Å². The van der Waals surface area contributed by atoms with Gasteiger partial charge in [-0.1, -0.05) is 30.3 Å². The fourth-order valence-corrected chi connectivity index (χ4v) is 2.12. The van der Waals surface area contributed by atoms with Crippen LogP contribution in [0.1, 0.15) is 11.6 Å². The van der Waals surface area contributed by atoms with Crippen LogP contribution in [0.2, 0.25) is 0 Å². The maximum absolute atomic E-state index is 9.04. The molecule has 0 bridgehead atoms. The van der Waals surface area contributed by atoms with Gasteiger partial charge in [0.25, 0.3) is 0 Å². The van der Waals surface area contributed by atoms with Gasteiger partial charge in [-0.2, -0.15) is 5.48 Å². The van der Waals surface area contributed by atoms with Crippen LogP contribution < -0.4 is 10.2 Å². The average molecular weight is 201 g/mol. The van der Waals surface area contributed by atoms with Crippen molar-refractivity contribution in [3.8, 4) is 5.75 Å². The molecule has 2 aromatic carbocycles. The topological polar surface area (TPSA) is 41.5 Å². The minimum Gasteiger partial charge on any atom is -0.491 e. The van der Waals surface area contributed by atoms with Gasteiger partial charge in [-0.05, 0) is 16.8 Å². The summed E-state index contributed by atoms with van der Waals surface area (Å²) in [5, 5.41) is 11.3. The predicted molar refractivity (Wildman–Crippen MR) is 57.1 cm³/mol. The Balaban J connectivity index is 2.32. The lowest BCUT2D eigenvalue weighted by Crippen LogP contribution is -2.18. The van der Waals surface area contributed by atoms with Gasteiger partial charge in [0.2, 0.25) is 0 Å². The fraction of sp³-hybridized carbons (Fsp3) is 0.167. The second-order valence-electron chi connectivity index (χ2n) is 3.69. The van der Waals surface area contributed by atoms with E-state index in [9.17, 15) is 0 Å². The number of ether oxygens (including phenoxy) is 1. The molecule has 0 saturated carbocycles. The summed E-state index contributed by atoms with van der Waals surface area (Å²) in [6.07, 6.45) is 0. The predicted octanol–water partition coefficient (Wildman–Crippen LogP) is 2.25. The molecule has 15 heavy (non-hydrogen) atoms. The quantitative estimate of drug-likeness (QED) is 0.695. The molecule has 1 atom stereocenters. The van der Waals surface area contributed by atoms with Gasteiger partial charge < -0.3 is 9.94 Å². The number of hydrogen-bond acceptors (Lipinski definition) is 3. The third-order valence-corrected chi connectivity index (χ3v) is 2.84. The summed E-state index contributed by atoms with van der Waals surface area (Å²) in [5.74, 6) is 0.861. The summed E-state index contributed by atoms with van der Waals surface area (Å²) >= 11 is 0. The molecule has 3 rings (SSSR count). The number of benzene rings is 2. The molecule has 1 aliphatic heterocycles. The van der Waals surface area contributed by atoms with Crippen LogP contribution in [0.5, 0.6) is 5.75 Å². The van der Waals surface area contributed by atoms with Gasteiger partial charge >= 0.3 is 0 Å². The summed E-state index contributed by atoms with van der Waals surface area (Å²) in [7, 11) is 0. The van der Waals surface area contributed by atoms with Crippen LogP contribution in [-0.4, -0.2) is 11.8 Å². The molecule has 2 N–H and O–H groups in total. The first-order valence-electron chi connectivity index (χ1n) is 4.94. The van der Waals surface area contributed by atoms with E-state index in [0.29, 0.717) is 6.61 Å². The first kappa shape index (κ1) is 8.71. The van der Waals surface area contributed by atoms with Crippen molar-refractivity contribution < 1.29 is 9.94 Å². The Morgan fingerprint density at radius 3 is 2.93 bits per heavy atom. The molecule has 0 amide bonds. The van der Waals surface area contributed by atoms with Crippen LogP contribution in [0, 0.1) is 0 Å². The number of nitrogens with one attached hydrogen (secondary N) is 1. The Hall–Kier alpha value is -1.58. The molecule has 0 aromatic heterocycles. The van der Waals surface area contributed by atoms with E-state index in [-0.39, 0.29) is 6.04 Å². The summed E-state index contributed by atoms with van der Waals surface area (Å²) in [6, 6.07) is 12.0. The summed E-state index contributed by atoms with van der Waals surface area (Å²) in [5.41, 5.74) is 3.34. The highest BCUT2D eigenvalue weighted by Gasteiger charge is 2.25. The highest BCUT2D eigenvalue weighted by molar-refractivity contribution is 5.88. The van der Waals surface area contributed by atoms with Crippen molar-refractivity contribution in [2.45, 2.75) is 6.04 Å². The first-order chi connectivity index (χ1) is 7.40. The van der Waals surface area contributed by atoms with Crippen LogP contribution in [0.25, 0.3) is 10.8 Å². The second-order valence-corrected chi connectivity index (χ2v) is 3.69. The van der Waals surface area contributed by atoms with E-state index in [2.05, 4.69) is 11.5 Å². The fourth-order valence-electron chi connectivity index (χ4n) is 2.12. The van der Waals surface area contributed by atoms with Crippen molar-refractivity contribution in [3.05, 3.63) is 42.0 Å². The van der Waals surface area contributed by atoms with Crippen molar-refractivity contribution in [2.24, 2.45) is 0 Å². The monoisotopic (exact) mass is 201 g/mol. The molecule has 3 nitrogen and oxygen atoms in total. The summed E-state index contributed by atoms with van der Waals surface area (Å²) in [6.45, 7) is 0.486. The molecule has 2 aromatic rings. The van der Waals surface area contributed by atoms with Gasteiger partial charge in [0.1, 0.15) is 12.4 Å². The van der Waals surface area contributed by atoms with Crippen molar-refractivity contribution in [1.82, 2.24) is 5.48 Å². The zero-order valence-electron chi connectivity index (χ0n) is 8.10. The largest absolute Gasteiger partial charge is 0.491 e. The minimum atomic E-state index is -0.119. The van der Waals surface area contributed by atoms with E-state index < -0.39 is 0 Å². The highest BCUT2D eigenvalue weighted by Crippen LogP contribution is 2.37. The Labute approximate surface area is 87.2 Å². The Bertz CT molecular complexity index is 510. The van der Waals surface area contributed by atoms with E-state index >= 15 is 0 Å². The van der Waals surface area contributed by atoms with Crippen LogP contribution in [0.4, 0.5) is 0 Å². The number of hydroxylamine groups is 1. The first-order valence-corrected chi connectivity index (χ1v) is 4.94. The summed E-state index contributed by atoms with van der Waals surface area (Å²) in [4.78, 5) is 0. The normalized spacial score (nSPS) is 18.9. The van der Waals surface area contributed by atoms with Crippen molar-refractivity contribution in [1.29, 1.82) is 0 Å². The lowest BCUT2D eigenvalue weighted by molar-refractivity contribution is 0.113. The smallest absolute Gasteiger partial charge is 0.125 e. The molecule has 3 heteroatoms. The summed E-state index contributed by atoms with van der Waals surface area (Å²) < 4.78 is 5.49. The van der Waals surface area contributed by atoms with Crippen LogP contribution >= 0.6 is 0 Å². The van der Waals surface area contributed by atoms with E-state index in [1.54, 1.807) is 0 Å². The van der Waals surface area contributed by atoms with Crippen LogP contribution in [0.3, 0.4) is 0 Å². The molecule has 1 heterocycles. The standard InChI is InChI=1S/C12H11NO2/c14-13-10-7-15-11-6-5-8-3-1-2-4-9(8)12(10)11/h1-6,10,13-14H,7H2. The molecule has 76 valence electrons. The maximum atomic E-state index is 9.04. The third kappa shape index (κ3) is 1.21. The molecule has 0 saturated heterocycles. The Morgan fingerprint density at radius 1 is 1.20 bits per heavy atom. The number of rotatable bonds is 1. The lowest BCUT2D eigenvalue weighted by Gasteiger charge is -2.08. The van der Waals surface area contributed by atoms with Gasteiger partial charge in [0, 0.05) is 5.56 Å². The molecule has 0 fully saturated rings. The van der Waals surface area contributed by atoms with Crippen molar-refractivity contribution in [2.75, 3.05) is 6.61 Å². The van der Waals surface area contributed by atoms with Gasteiger partial charge in [-0.25, -0.2) is 0 Å². The Morgan fingerprint density at radius 2 is 2.07 bits per heavy atom. The minimum absolute atomic E-state index is 0.119. The van der Waals surface area contributed by atoms with E-state index in [1.807, 2.05) is 30.3 Å². The molecule has 0 spiro atoms. The third-order valence-electron chi connectivity index (χ3n) is 2.84. The van der Waals surface area contributed by atoms with Gasteiger partial charge in [-0.3, -0.25) is 0 Å². The molecule has 0 radical (unpaired) electrons. The van der Waals surface area contributed by atoms with Gasteiger partial charge in [0.15, 0.2) is 0 Å². The number of hydrogen-bond donors (Lipinski definition) is 2. The maximum Gasteiger partial charge on any atom is 0.125 e. The van der Waals surface area contributed by atoms with E-state index in [1.165, 1.54) is 5.39 Å². The molecular formula is C12H11NO2. The zero-order chi connectivity index (χ0) is 10.3. The molecule has 0 aliphatic carbocycles. The molecule has 1 aliphatic rings.